The van der Waals surface area contributed by atoms with Crippen molar-refractivity contribution in [2.75, 3.05) is 14.2 Å². The highest BCUT2D eigenvalue weighted by Crippen LogP contribution is 2.16. The molecule has 0 radical (unpaired) electrons. The SMILES string of the molecule is COC(=O)c1nnn(Cc2ccc(OC)cc2)c1S. The lowest BCUT2D eigenvalue weighted by Gasteiger charge is -2.04. The molecule has 0 spiro atoms. The van der Waals surface area contributed by atoms with Crippen LogP contribution in [0.1, 0.15) is 16.1 Å². The molecule has 1 heterocycles. The molecule has 19 heavy (non-hydrogen) atoms. The van der Waals surface area contributed by atoms with Crippen molar-refractivity contribution in [1.29, 1.82) is 0 Å². The maximum Gasteiger partial charge on any atom is 0.361 e. The molecule has 0 aliphatic heterocycles. The number of nitrogens with zero attached hydrogens (tertiary/aromatic N) is 3. The van der Waals surface area contributed by atoms with Crippen LogP contribution in [0.25, 0.3) is 0 Å². The van der Waals surface area contributed by atoms with Crippen molar-refractivity contribution in [2.45, 2.75) is 11.6 Å². The highest BCUT2D eigenvalue weighted by Gasteiger charge is 2.17. The molecule has 2 aromatic rings. The Labute approximate surface area is 115 Å². The molecule has 1 aromatic carbocycles. The minimum atomic E-state index is -0.550. The summed E-state index contributed by atoms with van der Waals surface area (Å²) in [7, 11) is 2.90. The standard InChI is InChI=1S/C12H13N3O3S/c1-17-9-5-3-8(4-6-9)7-15-11(19)10(13-14-15)12(16)18-2/h3-6,19H,7H2,1-2H3. The van der Waals surface area contributed by atoms with Crippen LogP contribution in [0.15, 0.2) is 29.3 Å². The highest BCUT2D eigenvalue weighted by atomic mass is 32.1. The second-order valence-corrected chi connectivity index (χ2v) is 4.18. The van der Waals surface area contributed by atoms with E-state index in [2.05, 4.69) is 27.7 Å². The van der Waals surface area contributed by atoms with Gasteiger partial charge in [-0.05, 0) is 17.7 Å². The third-order valence-electron chi connectivity index (χ3n) is 2.58. The summed E-state index contributed by atoms with van der Waals surface area (Å²) in [6.07, 6.45) is 0. The minimum absolute atomic E-state index is 0.111. The Bertz CT molecular complexity index is 580. The molecule has 0 bridgehead atoms. The van der Waals surface area contributed by atoms with Gasteiger partial charge in [0.25, 0.3) is 0 Å². The predicted octanol–water partition coefficient (Wildman–Crippen LogP) is 1.41. The second kappa shape index (κ2) is 5.75. The average Bonchev–Trinajstić information content (AvgIpc) is 2.80. The predicted molar refractivity (Wildman–Crippen MR) is 70.7 cm³/mol. The number of methoxy groups -OCH3 is 2. The summed E-state index contributed by atoms with van der Waals surface area (Å²) in [5.41, 5.74) is 1.11. The van der Waals surface area contributed by atoms with Gasteiger partial charge in [-0.2, -0.15) is 0 Å². The van der Waals surface area contributed by atoms with Crippen LogP contribution < -0.4 is 4.74 Å². The van der Waals surface area contributed by atoms with E-state index in [1.54, 1.807) is 7.11 Å². The van der Waals surface area contributed by atoms with Crippen LogP contribution in [0, 0.1) is 0 Å². The zero-order valence-electron chi connectivity index (χ0n) is 10.5. The van der Waals surface area contributed by atoms with Crippen LogP contribution >= 0.6 is 12.6 Å². The first-order valence-electron chi connectivity index (χ1n) is 5.49. The average molecular weight is 279 g/mol. The number of aromatic nitrogens is 3. The molecule has 7 heteroatoms. The van der Waals surface area contributed by atoms with Gasteiger partial charge in [-0.3, -0.25) is 0 Å². The van der Waals surface area contributed by atoms with E-state index < -0.39 is 5.97 Å². The number of rotatable bonds is 4. The van der Waals surface area contributed by atoms with Crippen molar-refractivity contribution in [3.63, 3.8) is 0 Å². The lowest BCUT2D eigenvalue weighted by Crippen LogP contribution is -2.05. The summed E-state index contributed by atoms with van der Waals surface area (Å²) in [4.78, 5) is 11.4. The number of thiol groups is 1. The van der Waals surface area contributed by atoms with E-state index >= 15 is 0 Å². The molecule has 1 aromatic heterocycles. The lowest BCUT2D eigenvalue weighted by atomic mass is 10.2. The van der Waals surface area contributed by atoms with Crippen LogP contribution in [0.3, 0.4) is 0 Å². The van der Waals surface area contributed by atoms with E-state index in [0.717, 1.165) is 11.3 Å². The molecule has 0 aliphatic carbocycles. The summed E-state index contributed by atoms with van der Waals surface area (Å²) in [6.45, 7) is 0.465. The van der Waals surface area contributed by atoms with Crippen LogP contribution in [-0.2, 0) is 11.3 Å². The number of carbonyl (C=O) groups excluding carboxylic acids is 1. The van der Waals surface area contributed by atoms with Gasteiger partial charge in [0.15, 0.2) is 0 Å². The van der Waals surface area contributed by atoms with Gasteiger partial charge >= 0.3 is 5.97 Å². The van der Waals surface area contributed by atoms with Gasteiger partial charge < -0.3 is 9.47 Å². The third kappa shape index (κ3) is 2.87. The quantitative estimate of drug-likeness (QED) is 0.677. The van der Waals surface area contributed by atoms with Crippen LogP contribution in [-0.4, -0.2) is 35.2 Å². The molecule has 0 N–H and O–H groups in total. The zero-order chi connectivity index (χ0) is 13.8. The Morgan fingerprint density at radius 2 is 2.00 bits per heavy atom. The molecule has 2 rings (SSSR count). The van der Waals surface area contributed by atoms with Crippen molar-refractivity contribution in [2.24, 2.45) is 0 Å². The van der Waals surface area contributed by atoms with E-state index in [1.165, 1.54) is 11.8 Å². The van der Waals surface area contributed by atoms with Crippen LogP contribution in [0.2, 0.25) is 0 Å². The lowest BCUT2D eigenvalue weighted by molar-refractivity contribution is 0.0589. The van der Waals surface area contributed by atoms with Crippen molar-refractivity contribution < 1.29 is 14.3 Å². The number of benzene rings is 1. The minimum Gasteiger partial charge on any atom is -0.497 e. The first-order valence-corrected chi connectivity index (χ1v) is 5.94. The number of carbonyl (C=O) groups is 1. The molecule has 0 saturated heterocycles. The summed E-state index contributed by atoms with van der Waals surface area (Å²) >= 11 is 4.24. The highest BCUT2D eigenvalue weighted by molar-refractivity contribution is 7.80. The van der Waals surface area contributed by atoms with Gasteiger partial charge in [0, 0.05) is 0 Å². The number of hydrogen-bond donors (Lipinski definition) is 1. The van der Waals surface area contributed by atoms with Gasteiger partial charge in [-0.15, -0.1) is 17.7 Å². The van der Waals surface area contributed by atoms with E-state index in [0.29, 0.717) is 11.6 Å². The van der Waals surface area contributed by atoms with E-state index in [9.17, 15) is 4.79 Å². The molecule has 0 amide bonds. The fourth-order valence-corrected chi connectivity index (χ4v) is 1.79. The summed E-state index contributed by atoms with van der Waals surface area (Å²) < 4.78 is 11.2. The molecule has 0 atom stereocenters. The Balaban J connectivity index is 2.19. The number of esters is 1. The number of hydrogen-bond acceptors (Lipinski definition) is 6. The van der Waals surface area contributed by atoms with Crippen molar-refractivity contribution >= 4 is 18.6 Å². The zero-order valence-corrected chi connectivity index (χ0v) is 11.4. The molecule has 0 unspecified atom stereocenters. The molecule has 0 aliphatic rings. The molecular weight excluding hydrogens is 266 g/mol. The number of ether oxygens (including phenoxy) is 2. The van der Waals surface area contributed by atoms with Crippen molar-refractivity contribution in [1.82, 2.24) is 15.0 Å². The fraction of sp³-hybridized carbons (Fsp3) is 0.250. The van der Waals surface area contributed by atoms with Crippen LogP contribution in [0.5, 0.6) is 5.75 Å². The normalized spacial score (nSPS) is 10.3. The molecular formula is C12H13N3O3S. The van der Waals surface area contributed by atoms with Crippen LogP contribution in [0.4, 0.5) is 0 Å². The fourth-order valence-electron chi connectivity index (χ4n) is 1.55. The summed E-state index contributed by atoms with van der Waals surface area (Å²) in [6, 6.07) is 7.52. The first-order chi connectivity index (χ1) is 9.15. The van der Waals surface area contributed by atoms with Gasteiger partial charge in [-0.1, -0.05) is 17.3 Å². The van der Waals surface area contributed by atoms with Crippen molar-refractivity contribution in [3.05, 3.63) is 35.5 Å². The largest absolute Gasteiger partial charge is 0.497 e. The molecule has 6 nitrogen and oxygen atoms in total. The Hall–Kier alpha value is -2.02. The maximum atomic E-state index is 11.4. The summed E-state index contributed by atoms with van der Waals surface area (Å²) in [5.74, 6) is 0.231. The molecule has 0 fully saturated rings. The first kappa shape index (κ1) is 13.4. The van der Waals surface area contributed by atoms with E-state index in [-0.39, 0.29) is 5.69 Å². The topological polar surface area (TPSA) is 66.2 Å². The van der Waals surface area contributed by atoms with E-state index in [1.807, 2.05) is 24.3 Å². The van der Waals surface area contributed by atoms with Gasteiger partial charge in [0.1, 0.15) is 10.8 Å². The molecule has 100 valence electrons. The maximum absolute atomic E-state index is 11.4. The van der Waals surface area contributed by atoms with Crippen molar-refractivity contribution in [3.8, 4) is 5.75 Å². The van der Waals surface area contributed by atoms with Gasteiger partial charge in [-0.25, -0.2) is 9.48 Å². The smallest absolute Gasteiger partial charge is 0.361 e. The third-order valence-corrected chi connectivity index (χ3v) is 3.02. The summed E-state index contributed by atoms with van der Waals surface area (Å²) in [5, 5.41) is 8.01. The Morgan fingerprint density at radius 3 is 2.58 bits per heavy atom. The monoisotopic (exact) mass is 279 g/mol. The Morgan fingerprint density at radius 1 is 1.32 bits per heavy atom. The molecule has 0 saturated carbocycles. The van der Waals surface area contributed by atoms with E-state index in [4.69, 9.17) is 4.74 Å². The van der Waals surface area contributed by atoms with Gasteiger partial charge in [0.2, 0.25) is 5.69 Å². The second-order valence-electron chi connectivity index (χ2n) is 3.76. The van der Waals surface area contributed by atoms with Gasteiger partial charge in [0.05, 0.1) is 20.8 Å². The Kier molecular flexibility index (Phi) is 4.06.